The molecule has 1 saturated carbocycles. The lowest BCUT2D eigenvalue weighted by atomic mass is 9.75. The second-order valence-corrected chi connectivity index (χ2v) is 4.45. The lowest BCUT2D eigenvalue weighted by Crippen LogP contribution is -2.45. The minimum absolute atomic E-state index is 0.0864. The third kappa shape index (κ3) is 2.99. The van der Waals surface area contributed by atoms with Crippen molar-refractivity contribution in [3.05, 3.63) is 0 Å². The van der Waals surface area contributed by atoms with E-state index >= 15 is 0 Å². The molecule has 0 aliphatic heterocycles. The predicted molar refractivity (Wildman–Crippen MR) is 53.2 cm³/mol. The molecule has 0 bridgehead atoms. The maximum absolute atomic E-state index is 10.8. The summed E-state index contributed by atoms with van der Waals surface area (Å²) in [6, 6.07) is 0. The third-order valence-electron chi connectivity index (χ3n) is 3.13. The van der Waals surface area contributed by atoms with Gasteiger partial charge in [0, 0.05) is 12.0 Å². The maximum atomic E-state index is 10.8. The first-order valence-corrected chi connectivity index (χ1v) is 5.03. The van der Waals surface area contributed by atoms with Gasteiger partial charge in [0.2, 0.25) is 5.91 Å². The van der Waals surface area contributed by atoms with E-state index in [0.717, 1.165) is 12.3 Å². The zero-order chi connectivity index (χ0) is 9.90. The van der Waals surface area contributed by atoms with E-state index in [2.05, 4.69) is 12.2 Å². The monoisotopic (exact) mass is 184 g/mol. The molecule has 0 aromatic carbocycles. The van der Waals surface area contributed by atoms with Crippen molar-refractivity contribution in [3.8, 4) is 0 Å². The van der Waals surface area contributed by atoms with Crippen molar-refractivity contribution in [2.24, 2.45) is 11.7 Å². The fraction of sp³-hybridized carbons (Fsp3) is 0.900. The molecule has 1 aliphatic rings. The van der Waals surface area contributed by atoms with Crippen LogP contribution in [0.5, 0.6) is 0 Å². The van der Waals surface area contributed by atoms with E-state index in [-0.39, 0.29) is 11.4 Å². The van der Waals surface area contributed by atoms with E-state index in [4.69, 9.17) is 5.73 Å². The molecular weight excluding hydrogens is 164 g/mol. The zero-order valence-corrected chi connectivity index (χ0v) is 8.60. The Morgan fingerprint density at radius 2 is 2.23 bits per heavy atom. The molecule has 1 atom stereocenters. The molecule has 1 aliphatic carbocycles. The van der Waals surface area contributed by atoms with Gasteiger partial charge in [0.25, 0.3) is 0 Å². The van der Waals surface area contributed by atoms with Gasteiger partial charge in [-0.2, -0.15) is 0 Å². The zero-order valence-electron chi connectivity index (χ0n) is 8.60. The SMILES string of the molecule is CNC(C)(CC(N)=O)CC1CCC1. The van der Waals surface area contributed by atoms with Crippen LogP contribution in [0.25, 0.3) is 0 Å². The number of hydrogen-bond acceptors (Lipinski definition) is 2. The number of nitrogens with two attached hydrogens (primary N) is 1. The molecule has 0 radical (unpaired) electrons. The molecule has 3 nitrogen and oxygen atoms in total. The van der Waals surface area contributed by atoms with Crippen LogP contribution in [-0.4, -0.2) is 18.5 Å². The Kier molecular flexibility index (Phi) is 3.31. The summed E-state index contributed by atoms with van der Waals surface area (Å²) >= 11 is 0. The highest BCUT2D eigenvalue weighted by atomic mass is 16.1. The van der Waals surface area contributed by atoms with E-state index < -0.39 is 0 Å². The average Bonchev–Trinajstić information content (AvgIpc) is 1.96. The van der Waals surface area contributed by atoms with Gasteiger partial charge in [0.15, 0.2) is 0 Å². The van der Waals surface area contributed by atoms with Gasteiger partial charge in [-0.05, 0) is 26.3 Å². The quantitative estimate of drug-likeness (QED) is 0.670. The molecule has 0 spiro atoms. The highest BCUT2D eigenvalue weighted by Crippen LogP contribution is 2.34. The van der Waals surface area contributed by atoms with Crippen molar-refractivity contribution in [1.82, 2.24) is 5.32 Å². The fourth-order valence-corrected chi connectivity index (χ4v) is 1.98. The molecule has 1 fully saturated rings. The Hall–Kier alpha value is -0.570. The average molecular weight is 184 g/mol. The standard InChI is InChI=1S/C10H20N2O/c1-10(12-2,7-9(11)13)6-8-4-3-5-8/h8,12H,3-7H2,1-2H3,(H2,11,13). The van der Waals surface area contributed by atoms with Crippen LogP contribution in [0.2, 0.25) is 0 Å². The Balaban J connectivity index is 2.41. The van der Waals surface area contributed by atoms with Crippen LogP contribution < -0.4 is 11.1 Å². The molecule has 3 heteroatoms. The van der Waals surface area contributed by atoms with Crippen LogP contribution in [-0.2, 0) is 4.79 Å². The minimum atomic E-state index is -0.212. The van der Waals surface area contributed by atoms with E-state index in [1.54, 1.807) is 0 Å². The molecule has 76 valence electrons. The van der Waals surface area contributed by atoms with Crippen LogP contribution in [0.15, 0.2) is 0 Å². The van der Waals surface area contributed by atoms with Gasteiger partial charge in [-0.1, -0.05) is 19.3 Å². The van der Waals surface area contributed by atoms with Crippen LogP contribution in [0, 0.1) is 5.92 Å². The van der Waals surface area contributed by atoms with Crippen molar-refractivity contribution in [2.45, 2.75) is 44.6 Å². The largest absolute Gasteiger partial charge is 0.370 e. The molecule has 0 aromatic heterocycles. The smallest absolute Gasteiger partial charge is 0.219 e. The number of amides is 1. The van der Waals surface area contributed by atoms with E-state index in [1.807, 2.05) is 7.05 Å². The van der Waals surface area contributed by atoms with Gasteiger partial charge in [-0.3, -0.25) is 4.79 Å². The first-order chi connectivity index (χ1) is 6.06. The minimum Gasteiger partial charge on any atom is -0.370 e. The summed E-state index contributed by atoms with van der Waals surface area (Å²) in [5.74, 6) is 0.591. The second-order valence-electron chi connectivity index (χ2n) is 4.45. The Morgan fingerprint density at radius 3 is 2.54 bits per heavy atom. The molecule has 3 N–H and O–H groups in total. The van der Waals surface area contributed by atoms with E-state index in [9.17, 15) is 4.79 Å². The number of hydrogen-bond donors (Lipinski definition) is 2. The number of rotatable bonds is 5. The lowest BCUT2D eigenvalue weighted by Gasteiger charge is -2.36. The van der Waals surface area contributed by atoms with Crippen molar-refractivity contribution >= 4 is 5.91 Å². The van der Waals surface area contributed by atoms with Crippen molar-refractivity contribution in [2.75, 3.05) is 7.05 Å². The summed E-state index contributed by atoms with van der Waals surface area (Å²) < 4.78 is 0. The summed E-state index contributed by atoms with van der Waals surface area (Å²) in [6.07, 6.45) is 5.50. The third-order valence-corrected chi connectivity index (χ3v) is 3.13. The summed E-state index contributed by atoms with van der Waals surface area (Å²) in [6.45, 7) is 2.08. The molecule has 1 unspecified atom stereocenters. The van der Waals surface area contributed by atoms with Gasteiger partial charge < -0.3 is 11.1 Å². The van der Waals surface area contributed by atoms with Gasteiger partial charge >= 0.3 is 0 Å². The maximum Gasteiger partial charge on any atom is 0.219 e. The van der Waals surface area contributed by atoms with Crippen LogP contribution in [0.3, 0.4) is 0 Å². The summed E-state index contributed by atoms with van der Waals surface area (Å²) in [5, 5.41) is 3.21. The highest BCUT2D eigenvalue weighted by Gasteiger charge is 2.30. The second kappa shape index (κ2) is 4.09. The van der Waals surface area contributed by atoms with Crippen LogP contribution in [0.4, 0.5) is 0 Å². The highest BCUT2D eigenvalue weighted by molar-refractivity contribution is 5.75. The molecule has 0 heterocycles. The Labute approximate surface area is 80.1 Å². The Morgan fingerprint density at radius 1 is 1.62 bits per heavy atom. The number of carbonyl (C=O) groups is 1. The van der Waals surface area contributed by atoms with Gasteiger partial charge in [0.05, 0.1) is 0 Å². The first kappa shape index (κ1) is 10.5. The normalized spacial score (nSPS) is 22.0. The topological polar surface area (TPSA) is 55.1 Å². The fourth-order valence-electron chi connectivity index (χ4n) is 1.98. The van der Waals surface area contributed by atoms with Gasteiger partial charge in [-0.25, -0.2) is 0 Å². The van der Waals surface area contributed by atoms with Crippen LogP contribution in [0.1, 0.15) is 39.0 Å². The molecular formula is C10H20N2O. The first-order valence-electron chi connectivity index (χ1n) is 5.03. The predicted octanol–water partition coefficient (Wildman–Crippen LogP) is 1.03. The molecule has 0 saturated heterocycles. The molecule has 0 aromatic rings. The van der Waals surface area contributed by atoms with E-state index in [1.165, 1.54) is 19.3 Å². The summed E-state index contributed by atoms with van der Waals surface area (Å²) in [4.78, 5) is 10.8. The van der Waals surface area contributed by atoms with Crippen molar-refractivity contribution in [1.29, 1.82) is 0 Å². The van der Waals surface area contributed by atoms with E-state index in [0.29, 0.717) is 6.42 Å². The Bertz CT molecular complexity index is 189. The molecule has 1 amide bonds. The number of carbonyl (C=O) groups excluding carboxylic acids is 1. The van der Waals surface area contributed by atoms with Crippen molar-refractivity contribution < 1.29 is 4.79 Å². The van der Waals surface area contributed by atoms with Gasteiger partial charge in [-0.15, -0.1) is 0 Å². The van der Waals surface area contributed by atoms with Crippen molar-refractivity contribution in [3.63, 3.8) is 0 Å². The lowest BCUT2D eigenvalue weighted by molar-refractivity contribution is -0.119. The van der Waals surface area contributed by atoms with Gasteiger partial charge in [0.1, 0.15) is 0 Å². The van der Waals surface area contributed by atoms with Crippen LogP contribution >= 0.6 is 0 Å². The summed E-state index contributed by atoms with van der Waals surface area (Å²) in [5.41, 5.74) is 5.12. The number of primary amides is 1. The summed E-state index contributed by atoms with van der Waals surface area (Å²) in [7, 11) is 1.90. The molecule has 13 heavy (non-hydrogen) atoms. The molecule has 1 rings (SSSR count). The number of nitrogens with one attached hydrogen (secondary N) is 1.